The SMILES string of the molecule is CCCCNC(=O)[C@H](C)N(CCc1ccccc1)C(=O)CN(c1ccc(OCC)cc1)S(C)(=O)=O. The summed E-state index contributed by atoms with van der Waals surface area (Å²) in [4.78, 5) is 27.7. The number of hydrogen-bond acceptors (Lipinski definition) is 5. The van der Waals surface area contributed by atoms with Gasteiger partial charge in [0.2, 0.25) is 21.8 Å². The highest BCUT2D eigenvalue weighted by atomic mass is 32.2. The number of ether oxygens (including phenoxy) is 1. The lowest BCUT2D eigenvalue weighted by molar-refractivity contribution is -0.138. The topological polar surface area (TPSA) is 96.0 Å². The highest BCUT2D eigenvalue weighted by Crippen LogP contribution is 2.22. The van der Waals surface area contributed by atoms with Crippen LogP contribution in [0.4, 0.5) is 5.69 Å². The van der Waals surface area contributed by atoms with Crippen LogP contribution in [0.25, 0.3) is 0 Å². The van der Waals surface area contributed by atoms with Crippen LogP contribution in [0.2, 0.25) is 0 Å². The summed E-state index contributed by atoms with van der Waals surface area (Å²) in [5.41, 5.74) is 1.38. The Bertz CT molecular complexity index is 1040. The number of carbonyl (C=O) groups excluding carboxylic acids is 2. The van der Waals surface area contributed by atoms with Crippen LogP contribution in [-0.4, -0.2) is 63.7 Å². The summed E-state index contributed by atoms with van der Waals surface area (Å²) in [6, 6.07) is 15.5. The molecule has 2 amide bonds. The molecule has 2 aromatic carbocycles. The number of unbranched alkanes of at least 4 members (excludes halogenated alkanes) is 1. The molecular formula is C26H37N3O5S. The van der Waals surface area contributed by atoms with Gasteiger partial charge in [-0.25, -0.2) is 8.42 Å². The third kappa shape index (κ3) is 8.90. The van der Waals surface area contributed by atoms with Gasteiger partial charge in [0.25, 0.3) is 0 Å². The summed E-state index contributed by atoms with van der Waals surface area (Å²) in [5, 5.41) is 2.87. The van der Waals surface area contributed by atoms with Gasteiger partial charge < -0.3 is 15.0 Å². The maximum absolute atomic E-state index is 13.5. The summed E-state index contributed by atoms with van der Waals surface area (Å²) in [7, 11) is -3.76. The lowest BCUT2D eigenvalue weighted by Crippen LogP contribution is -2.52. The van der Waals surface area contributed by atoms with E-state index in [0.29, 0.717) is 31.0 Å². The molecule has 2 aromatic rings. The van der Waals surface area contributed by atoms with E-state index in [9.17, 15) is 18.0 Å². The summed E-state index contributed by atoms with van der Waals surface area (Å²) in [6.07, 6.45) is 3.39. The number of nitrogens with one attached hydrogen (secondary N) is 1. The molecule has 0 fully saturated rings. The lowest BCUT2D eigenvalue weighted by Gasteiger charge is -2.31. The van der Waals surface area contributed by atoms with Crippen LogP contribution in [0.15, 0.2) is 54.6 Å². The van der Waals surface area contributed by atoms with Gasteiger partial charge in [0, 0.05) is 13.1 Å². The van der Waals surface area contributed by atoms with Crippen LogP contribution < -0.4 is 14.4 Å². The molecule has 35 heavy (non-hydrogen) atoms. The summed E-state index contributed by atoms with van der Waals surface area (Å²) in [6.45, 7) is 6.46. The number of nitrogens with zero attached hydrogens (tertiary/aromatic N) is 2. The number of carbonyl (C=O) groups is 2. The van der Waals surface area contributed by atoms with Crippen LogP contribution in [-0.2, 0) is 26.0 Å². The Labute approximate surface area is 209 Å². The molecule has 0 saturated carbocycles. The summed E-state index contributed by atoms with van der Waals surface area (Å²) < 4.78 is 31.7. The largest absolute Gasteiger partial charge is 0.494 e. The average Bonchev–Trinajstić information content (AvgIpc) is 2.83. The Morgan fingerprint density at radius 1 is 1.03 bits per heavy atom. The molecule has 9 heteroatoms. The fourth-order valence-electron chi connectivity index (χ4n) is 3.60. The van der Waals surface area contributed by atoms with Gasteiger partial charge in [0.05, 0.1) is 18.6 Å². The van der Waals surface area contributed by atoms with E-state index in [-0.39, 0.29) is 12.5 Å². The number of benzene rings is 2. The predicted molar refractivity (Wildman–Crippen MR) is 139 cm³/mol. The fraction of sp³-hybridized carbons (Fsp3) is 0.462. The third-order valence-electron chi connectivity index (χ3n) is 5.60. The molecule has 0 aliphatic carbocycles. The van der Waals surface area contributed by atoms with Crippen LogP contribution in [0.5, 0.6) is 5.75 Å². The first kappa shape index (κ1) is 28.2. The fourth-order valence-corrected chi connectivity index (χ4v) is 4.44. The van der Waals surface area contributed by atoms with Crippen molar-refractivity contribution in [1.29, 1.82) is 0 Å². The second-order valence-corrected chi connectivity index (χ2v) is 10.2. The van der Waals surface area contributed by atoms with E-state index in [2.05, 4.69) is 5.32 Å². The normalized spacial score (nSPS) is 12.0. The molecule has 0 radical (unpaired) electrons. The predicted octanol–water partition coefficient (Wildman–Crippen LogP) is 3.23. The molecule has 1 atom stereocenters. The van der Waals surface area contributed by atoms with E-state index in [1.54, 1.807) is 31.2 Å². The quantitative estimate of drug-likeness (QED) is 0.400. The monoisotopic (exact) mass is 503 g/mol. The second kappa shape index (κ2) is 13.7. The number of sulfonamides is 1. The van der Waals surface area contributed by atoms with Crippen molar-refractivity contribution >= 4 is 27.5 Å². The van der Waals surface area contributed by atoms with Crippen molar-refractivity contribution in [1.82, 2.24) is 10.2 Å². The summed E-state index contributed by atoms with van der Waals surface area (Å²) >= 11 is 0. The van der Waals surface area contributed by atoms with Crippen molar-refractivity contribution in [3.63, 3.8) is 0 Å². The maximum atomic E-state index is 13.5. The molecule has 8 nitrogen and oxygen atoms in total. The van der Waals surface area contributed by atoms with E-state index in [4.69, 9.17) is 4.74 Å². The van der Waals surface area contributed by atoms with Gasteiger partial charge in [-0.1, -0.05) is 43.7 Å². The Morgan fingerprint density at radius 2 is 1.69 bits per heavy atom. The highest BCUT2D eigenvalue weighted by Gasteiger charge is 2.29. The average molecular weight is 504 g/mol. The van der Waals surface area contributed by atoms with E-state index in [1.165, 1.54) is 4.90 Å². The zero-order chi connectivity index (χ0) is 25.8. The van der Waals surface area contributed by atoms with E-state index < -0.39 is 28.5 Å². The first-order valence-electron chi connectivity index (χ1n) is 12.0. The highest BCUT2D eigenvalue weighted by molar-refractivity contribution is 7.92. The van der Waals surface area contributed by atoms with Crippen molar-refractivity contribution in [2.75, 3.05) is 36.8 Å². The smallest absolute Gasteiger partial charge is 0.244 e. The zero-order valence-electron chi connectivity index (χ0n) is 21.1. The number of amides is 2. The van der Waals surface area contributed by atoms with Crippen LogP contribution in [0.3, 0.4) is 0 Å². The summed E-state index contributed by atoms with van der Waals surface area (Å²) in [5.74, 6) is -0.0943. The molecule has 0 spiro atoms. The molecule has 0 saturated heterocycles. The molecule has 1 N–H and O–H groups in total. The van der Waals surface area contributed by atoms with Crippen molar-refractivity contribution in [2.45, 2.75) is 46.1 Å². The van der Waals surface area contributed by atoms with Crippen molar-refractivity contribution in [3.8, 4) is 5.75 Å². The molecule has 0 aromatic heterocycles. The van der Waals surface area contributed by atoms with Crippen LogP contribution in [0, 0.1) is 0 Å². The number of rotatable bonds is 14. The Kier molecular flexibility index (Phi) is 11.0. The lowest BCUT2D eigenvalue weighted by atomic mass is 10.1. The van der Waals surface area contributed by atoms with Crippen LogP contribution >= 0.6 is 0 Å². The van der Waals surface area contributed by atoms with E-state index in [1.807, 2.05) is 44.2 Å². The second-order valence-electron chi connectivity index (χ2n) is 8.34. The minimum Gasteiger partial charge on any atom is -0.494 e. The van der Waals surface area contributed by atoms with Gasteiger partial charge in [-0.05, 0) is 56.5 Å². The first-order valence-corrected chi connectivity index (χ1v) is 13.8. The van der Waals surface area contributed by atoms with Crippen molar-refractivity contribution in [2.24, 2.45) is 0 Å². The standard InChI is InChI=1S/C26H37N3O5S/c1-5-7-18-27-26(31)21(3)28(19-17-22-11-9-8-10-12-22)25(30)20-29(35(4,32)33)23-13-15-24(16-14-23)34-6-2/h8-16,21H,5-7,17-20H2,1-4H3,(H,27,31)/t21-/m0/s1. The molecule has 0 unspecified atom stereocenters. The minimum atomic E-state index is -3.76. The van der Waals surface area contributed by atoms with Gasteiger partial charge in [-0.3, -0.25) is 13.9 Å². The van der Waals surface area contributed by atoms with Crippen LogP contribution in [0.1, 0.15) is 39.2 Å². The Hall–Kier alpha value is -3.07. The number of anilines is 1. The molecular weight excluding hydrogens is 466 g/mol. The first-order chi connectivity index (χ1) is 16.7. The third-order valence-corrected chi connectivity index (χ3v) is 6.74. The van der Waals surface area contributed by atoms with Crippen molar-refractivity contribution in [3.05, 3.63) is 60.2 Å². The van der Waals surface area contributed by atoms with E-state index in [0.717, 1.165) is 29.0 Å². The Balaban J connectivity index is 2.26. The Morgan fingerprint density at radius 3 is 2.26 bits per heavy atom. The molecule has 2 rings (SSSR count). The molecule has 0 aliphatic rings. The molecule has 0 aliphatic heterocycles. The maximum Gasteiger partial charge on any atom is 0.244 e. The number of hydrogen-bond donors (Lipinski definition) is 1. The van der Waals surface area contributed by atoms with Gasteiger partial charge in [-0.2, -0.15) is 0 Å². The molecule has 192 valence electrons. The van der Waals surface area contributed by atoms with Gasteiger partial charge in [0.15, 0.2) is 0 Å². The van der Waals surface area contributed by atoms with Crippen molar-refractivity contribution < 1.29 is 22.7 Å². The van der Waals surface area contributed by atoms with Gasteiger partial charge in [-0.15, -0.1) is 0 Å². The van der Waals surface area contributed by atoms with Gasteiger partial charge in [0.1, 0.15) is 18.3 Å². The zero-order valence-corrected chi connectivity index (χ0v) is 21.9. The molecule has 0 bridgehead atoms. The van der Waals surface area contributed by atoms with E-state index >= 15 is 0 Å². The van der Waals surface area contributed by atoms with Gasteiger partial charge >= 0.3 is 0 Å². The minimum absolute atomic E-state index is 0.258. The molecule has 0 heterocycles.